The number of fused-ring (bicyclic) bond motifs is 1. The zero-order chi connectivity index (χ0) is 18.3. The summed E-state index contributed by atoms with van der Waals surface area (Å²) in [6.45, 7) is 7.92. The third kappa shape index (κ3) is 2.97. The predicted molar refractivity (Wildman–Crippen MR) is 99.0 cm³/mol. The molecule has 2 aromatic rings. The molecule has 1 aromatic heterocycles. The molecule has 3 atom stereocenters. The Labute approximate surface area is 154 Å². The number of rotatable bonds is 4. The summed E-state index contributed by atoms with van der Waals surface area (Å²) in [4.78, 5) is 2.46. The maximum absolute atomic E-state index is 13.3. The lowest BCUT2D eigenvalue weighted by atomic mass is 9.67. The number of aromatic nitrogens is 2. The molecule has 1 aliphatic heterocycles. The van der Waals surface area contributed by atoms with Crippen molar-refractivity contribution in [1.82, 2.24) is 14.7 Å². The number of hydrogen-bond donors (Lipinski definition) is 1. The van der Waals surface area contributed by atoms with Gasteiger partial charge in [-0.2, -0.15) is 5.10 Å². The maximum Gasteiger partial charge on any atom is 0.123 e. The van der Waals surface area contributed by atoms with Crippen LogP contribution in [-0.4, -0.2) is 32.9 Å². The van der Waals surface area contributed by atoms with Crippen molar-refractivity contribution in [2.45, 2.75) is 51.8 Å². The molecule has 2 fully saturated rings. The van der Waals surface area contributed by atoms with Crippen molar-refractivity contribution in [2.75, 3.05) is 13.1 Å². The van der Waals surface area contributed by atoms with Gasteiger partial charge in [-0.25, -0.2) is 4.39 Å². The first-order valence-corrected chi connectivity index (χ1v) is 9.73. The minimum atomic E-state index is -0.839. The van der Waals surface area contributed by atoms with Crippen molar-refractivity contribution in [3.63, 3.8) is 0 Å². The third-order valence-electron chi connectivity index (χ3n) is 6.51. The van der Waals surface area contributed by atoms with E-state index in [4.69, 9.17) is 0 Å². The third-order valence-corrected chi connectivity index (χ3v) is 6.51. The van der Waals surface area contributed by atoms with Crippen LogP contribution in [0.4, 0.5) is 4.39 Å². The average molecular weight is 357 g/mol. The Morgan fingerprint density at radius 1 is 1.27 bits per heavy atom. The quantitative estimate of drug-likeness (QED) is 0.911. The molecule has 5 heteroatoms. The summed E-state index contributed by atoms with van der Waals surface area (Å²) in [7, 11) is 0. The summed E-state index contributed by atoms with van der Waals surface area (Å²) in [5, 5.41) is 16.0. The molecule has 26 heavy (non-hydrogen) atoms. The van der Waals surface area contributed by atoms with Crippen molar-refractivity contribution in [2.24, 2.45) is 11.8 Å². The van der Waals surface area contributed by atoms with Gasteiger partial charge in [-0.15, -0.1) is 0 Å². The average Bonchev–Trinajstić information content (AvgIpc) is 3.20. The van der Waals surface area contributed by atoms with Crippen molar-refractivity contribution in [3.8, 4) is 0 Å². The Morgan fingerprint density at radius 3 is 2.73 bits per heavy atom. The van der Waals surface area contributed by atoms with Crippen LogP contribution in [0.3, 0.4) is 0 Å². The van der Waals surface area contributed by atoms with Crippen LogP contribution in [0.25, 0.3) is 0 Å². The van der Waals surface area contributed by atoms with Crippen molar-refractivity contribution < 1.29 is 9.50 Å². The lowest BCUT2D eigenvalue weighted by molar-refractivity contribution is -0.0648. The molecular weight excluding hydrogens is 329 g/mol. The molecule has 140 valence electrons. The summed E-state index contributed by atoms with van der Waals surface area (Å²) in [5.41, 5.74) is 2.53. The lowest BCUT2D eigenvalue weighted by Gasteiger charge is -2.41. The number of aliphatic hydroxyl groups is 1. The first-order chi connectivity index (χ1) is 12.5. The molecule has 0 amide bonds. The smallest absolute Gasteiger partial charge is 0.123 e. The summed E-state index contributed by atoms with van der Waals surface area (Å²) < 4.78 is 15.4. The highest BCUT2D eigenvalue weighted by atomic mass is 19.1. The maximum atomic E-state index is 13.3. The molecule has 2 aliphatic rings. The van der Waals surface area contributed by atoms with Gasteiger partial charge >= 0.3 is 0 Å². The number of benzene rings is 1. The number of nitrogens with zero attached hydrogens (tertiary/aromatic N) is 3. The Balaban J connectivity index is 1.54. The van der Waals surface area contributed by atoms with E-state index in [-0.39, 0.29) is 11.7 Å². The highest BCUT2D eigenvalue weighted by Crippen LogP contribution is 2.48. The molecule has 1 saturated heterocycles. The highest BCUT2D eigenvalue weighted by molar-refractivity contribution is 5.26. The summed E-state index contributed by atoms with van der Waals surface area (Å²) in [6, 6.07) is 6.45. The summed E-state index contributed by atoms with van der Waals surface area (Å²) in [6.07, 6.45) is 4.93. The van der Waals surface area contributed by atoms with Gasteiger partial charge in [0.15, 0.2) is 0 Å². The Bertz CT molecular complexity index is 772. The first-order valence-electron chi connectivity index (χ1n) is 9.73. The van der Waals surface area contributed by atoms with Crippen molar-refractivity contribution in [1.29, 1.82) is 0 Å². The van der Waals surface area contributed by atoms with Gasteiger partial charge in [0.1, 0.15) is 5.82 Å². The molecule has 0 unspecified atom stereocenters. The molecule has 2 heterocycles. The van der Waals surface area contributed by atoms with E-state index in [0.717, 1.165) is 51.0 Å². The van der Waals surface area contributed by atoms with E-state index >= 15 is 0 Å². The van der Waals surface area contributed by atoms with Crippen LogP contribution in [0.2, 0.25) is 0 Å². The summed E-state index contributed by atoms with van der Waals surface area (Å²) in [5.74, 6) is 0.463. The lowest BCUT2D eigenvalue weighted by Crippen LogP contribution is -2.42. The van der Waals surface area contributed by atoms with Gasteiger partial charge in [0.25, 0.3) is 0 Å². The van der Waals surface area contributed by atoms with E-state index in [2.05, 4.69) is 23.8 Å². The molecular formula is C21H28FN3O. The largest absolute Gasteiger partial charge is 0.385 e. The van der Waals surface area contributed by atoms with Gasteiger partial charge in [-0.3, -0.25) is 9.58 Å². The fourth-order valence-electron chi connectivity index (χ4n) is 5.04. The van der Waals surface area contributed by atoms with Gasteiger partial charge in [0, 0.05) is 43.4 Å². The van der Waals surface area contributed by atoms with Crippen LogP contribution in [0.15, 0.2) is 30.5 Å². The van der Waals surface area contributed by atoms with E-state index in [1.165, 1.54) is 23.4 Å². The topological polar surface area (TPSA) is 41.3 Å². The van der Waals surface area contributed by atoms with E-state index in [1.807, 2.05) is 10.9 Å². The second-order valence-electron chi connectivity index (χ2n) is 7.96. The molecule has 0 radical (unpaired) electrons. The minimum absolute atomic E-state index is 0.211. The van der Waals surface area contributed by atoms with Gasteiger partial charge in [-0.05, 0) is 56.7 Å². The van der Waals surface area contributed by atoms with Crippen LogP contribution >= 0.6 is 0 Å². The fourth-order valence-corrected chi connectivity index (χ4v) is 5.04. The molecule has 0 spiro atoms. The van der Waals surface area contributed by atoms with Crippen LogP contribution in [0, 0.1) is 24.6 Å². The molecule has 1 saturated carbocycles. The number of halogens is 1. The Kier molecular flexibility index (Phi) is 4.61. The van der Waals surface area contributed by atoms with E-state index in [1.54, 1.807) is 12.1 Å². The second-order valence-corrected chi connectivity index (χ2v) is 7.96. The van der Waals surface area contributed by atoms with E-state index < -0.39 is 5.60 Å². The van der Waals surface area contributed by atoms with Crippen LogP contribution in [0.5, 0.6) is 0 Å². The highest BCUT2D eigenvalue weighted by Gasteiger charge is 2.49. The molecule has 1 aliphatic carbocycles. The van der Waals surface area contributed by atoms with Gasteiger partial charge in [0.05, 0.1) is 11.8 Å². The van der Waals surface area contributed by atoms with Crippen molar-refractivity contribution >= 4 is 0 Å². The summed E-state index contributed by atoms with van der Waals surface area (Å²) >= 11 is 0. The Morgan fingerprint density at radius 2 is 2.04 bits per heavy atom. The molecule has 4 nitrogen and oxygen atoms in total. The first kappa shape index (κ1) is 17.7. The normalized spacial score (nSPS) is 29.1. The van der Waals surface area contributed by atoms with Gasteiger partial charge < -0.3 is 5.11 Å². The molecule has 1 N–H and O–H groups in total. The predicted octanol–water partition coefficient (Wildman–Crippen LogP) is 3.47. The zero-order valence-corrected chi connectivity index (χ0v) is 15.7. The van der Waals surface area contributed by atoms with Crippen LogP contribution in [0.1, 0.15) is 43.0 Å². The second kappa shape index (κ2) is 6.78. The standard InChI is InChI=1S/C21H28FN3O/c1-3-25-15(2)17(11-23-25)13-24-12-16-5-4-10-21(26,20(16)14-24)18-6-8-19(22)9-7-18/h6-9,11,16,20,26H,3-5,10,12-14H2,1-2H3/t16-,20-,21+/m1/s1. The zero-order valence-electron chi connectivity index (χ0n) is 15.7. The van der Waals surface area contributed by atoms with Crippen molar-refractivity contribution in [3.05, 3.63) is 53.1 Å². The van der Waals surface area contributed by atoms with Gasteiger partial charge in [-0.1, -0.05) is 12.1 Å². The number of hydrogen-bond acceptors (Lipinski definition) is 3. The fraction of sp³-hybridized carbons (Fsp3) is 0.571. The van der Waals surface area contributed by atoms with Crippen LogP contribution in [-0.2, 0) is 18.7 Å². The van der Waals surface area contributed by atoms with Crippen LogP contribution < -0.4 is 0 Å². The van der Waals surface area contributed by atoms with Gasteiger partial charge in [0.2, 0.25) is 0 Å². The molecule has 4 rings (SSSR count). The molecule has 0 bridgehead atoms. The minimum Gasteiger partial charge on any atom is -0.385 e. The Hall–Kier alpha value is -1.72. The monoisotopic (exact) mass is 357 g/mol. The molecule has 1 aromatic carbocycles. The SMILES string of the molecule is CCn1ncc(CN2C[C@H]3CCC[C@](O)(c4ccc(F)cc4)[C@@H]3C2)c1C. The number of likely N-dealkylation sites (tertiary alicyclic amines) is 1. The van der Waals surface area contributed by atoms with E-state index in [9.17, 15) is 9.50 Å². The van der Waals surface area contributed by atoms with E-state index in [0.29, 0.717) is 5.92 Å². The number of aryl methyl sites for hydroxylation is 1.